The van der Waals surface area contributed by atoms with E-state index in [0.29, 0.717) is 43.3 Å². The van der Waals surface area contributed by atoms with Gasteiger partial charge in [0, 0.05) is 37.2 Å². The lowest BCUT2D eigenvalue weighted by Gasteiger charge is -2.24. The second-order valence-electron chi connectivity index (χ2n) is 7.02. The van der Waals surface area contributed by atoms with Crippen molar-refractivity contribution >= 4 is 17.5 Å². The second kappa shape index (κ2) is 5.72. The number of hydrogen-bond acceptors (Lipinski definition) is 3. The van der Waals surface area contributed by atoms with Crippen LogP contribution in [0.25, 0.3) is 0 Å². The summed E-state index contributed by atoms with van der Waals surface area (Å²) in [4.78, 5) is 28.4. The zero-order valence-corrected chi connectivity index (χ0v) is 14.0. The summed E-state index contributed by atoms with van der Waals surface area (Å²) in [6, 6.07) is 9.53. The Labute approximate surface area is 145 Å². The Balaban J connectivity index is 1.51. The molecular formula is C19H19FN2O3. The molecule has 6 heteroatoms. The van der Waals surface area contributed by atoms with Crippen molar-refractivity contribution < 1.29 is 18.4 Å². The maximum absolute atomic E-state index is 13.5. The summed E-state index contributed by atoms with van der Waals surface area (Å²) in [6.07, 6.45) is 1.14. The van der Waals surface area contributed by atoms with Gasteiger partial charge in [-0.05, 0) is 43.7 Å². The van der Waals surface area contributed by atoms with Crippen molar-refractivity contribution in [2.24, 2.45) is 5.41 Å². The van der Waals surface area contributed by atoms with Crippen LogP contribution in [0.3, 0.4) is 0 Å². The van der Waals surface area contributed by atoms with Crippen molar-refractivity contribution in [3.8, 4) is 0 Å². The molecule has 2 fully saturated rings. The number of halogens is 1. The van der Waals surface area contributed by atoms with Crippen molar-refractivity contribution in [1.29, 1.82) is 0 Å². The molecule has 2 amide bonds. The fourth-order valence-corrected chi connectivity index (χ4v) is 3.86. The summed E-state index contributed by atoms with van der Waals surface area (Å²) in [6.45, 7) is 3.43. The summed E-state index contributed by atoms with van der Waals surface area (Å²) in [5, 5.41) is 0. The Morgan fingerprint density at radius 1 is 1.24 bits per heavy atom. The number of carbonyl (C=O) groups is 2. The predicted molar refractivity (Wildman–Crippen MR) is 89.8 cm³/mol. The van der Waals surface area contributed by atoms with Crippen LogP contribution in [0.5, 0.6) is 0 Å². The van der Waals surface area contributed by atoms with Crippen molar-refractivity contribution in [2.45, 2.75) is 19.8 Å². The molecule has 25 heavy (non-hydrogen) atoms. The highest BCUT2D eigenvalue weighted by Gasteiger charge is 2.49. The third kappa shape index (κ3) is 2.81. The van der Waals surface area contributed by atoms with Crippen LogP contribution < -0.4 is 4.90 Å². The Morgan fingerprint density at radius 2 is 2.08 bits per heavy atom. The lowest BCUT2D eigenvalue weighted by molar-refractivity contribution is -0.117. The summed E-state index contributed by atoms with van der Waals surface area (Å²) >= 11 is 0. The average Bonchev–Trinajstić information content (AvgIpc) is 3.27. The minimum absolute atomic E-state index is 0.0197. The third-order valence-corrected chi connectivity index (χ3v) is 5.12. The zero-order chi connectivity index (χ0) is 17.6. The van der Waals surface area contributed by atoms with E-state index in [2.05, 4.69) is 0 Å². The van der Waals surface area contributed by atoms with Gasteiger partial charge in [0.05, 0.1) is 0 Å². The number of amides is 2. The predicted octanol–water partition coefficient (Wildman–Crippen LogP) is 3.00. The van der Waals surface area contributed by atoms with Crippen LogP contribution in [-0.2, 0) is 4.79 Å². The number of furan rings is 1. The number of rotatable bonds is 2. The molecule has 2 aromatic rings. The molecule has 1 aromatic carbocycles. The summed E-state index contributed by atoms with van der Waals surface area (Å²) in [5.74, 6) is 0.518. The monoisotopic (exact) mass is 342 g/mol. The van der Waals surface area contributed by atoms with Gasteiger partial charge in [-0.15, -0.1) is 0 Å². The molecular weight excluding hydrogens is 323 g/mol. The van der Waals surface area contributed by atoms with Crippen LogP contribution in [-0.4, -0.2) is 36.3 Å². The molecule has 5 nitrogen and oxygen atoms in total. The Kier molecular flexibility index (Phi) is 3.63. The van der Waals surface area contributed by atoms with E-state index >= 15 is 0 Å². The first kappa shape index (κ1) is 15.9. The van der Waals surface area contributed by atoms with E-state index in [1.54, 1.807) is 41.0 Å². The molecule has 0 saturated carbocycles. The van der Waals surface area contributed by atoms with E-state index in [9.17, 15) is 14.0 Å². The maximum atomic E-state index is 13.5. The van der Waals surface area contributed by atoms with Gasteiger partial charge >= 0.3 is 0 Å². The highest BCUT2D eigenvalue weighted by molar-refractivity contribution is 5.97. The highest BCUT2D eigenvalue weighted by Crippen LogP contribution is 2.42. The fourth-order valence-electron chi connectivity index (χ4n) is 3.86. The zero-order valence-electron chi connectivity index (χ0n) is 14.0. The van der Waals surface area contributed by atoms with E-state index in [0.717, 1.165) is 6.42 Å². The topological polar surface area (TPSA) is 53.8 Å². The van der Waals surface area contributed by atoms with E-state index in [1.807, 2.05) is 0 Å². The van der Waals surface area contributed by atoms with Crippen molar-refractivity contribution in [3.63, 3.8) is 0 Å². The SMILES string of the molecule is Cc1ccc(C(=O)N2CC[C@]3(CC(=O)N(c4cccc(F)c4)C3)C2)o1. The van der Waals surface area contributed by atoms with Gasteiger partial charge in [0.2, 0.25) is 5.91 Å². The standard InChI is InChI=1S/C19H19FN2O3/c1-13-5-6-16(25-13)18(24)21-8-7-19(11-21)10-17(23)22(12-19)15-4-2-3-14(20)9-15/h2-6,9H,7-8,10-12H2,1H3/t19-/m0/s1. The van der Waals surface area contributed by atoms with Gasteiger partial charge < -0.3 is 14.2 Å². The second-order valence-corrected chi connectivity index (χ2v) is 7.02. The lowest BCUT2D eigenvalue weighted by Crippen LogP contribution is -2.34. The van der Waals surface area contributed by atoms with Crippen LogP contribution >= 0.6 is 0 Å². The van der Waals surface area contributed by atoms with Crippen molar-refractivity contribution in [2.75, 3.05) is 24.5 Å². The van der Waals surface area contributed by atoms with Crippen LogP contribution in [0.4, 0.5) is 10.1 Å². The van der Waals surface area contributed by atoms with Crippen LogP contribution in [0.1, 0.15) is 29.2 Å². The Morgan fingerprint density at radius 3 is 2.80 bits per heavy atom. The average molecular weight is 342 g/mol. The number of anilines is 1. The van der Waals surface area contributed by atoms with Crippen LogP contribution in [0.15, 0.2) is 40.8 Å². The first-order valence-corrected chi connectivity index (χ1v) is 8.37. The first-order chi connectivity index (χ1) is 12.0. The van der Waals surface area contributed by atoms with Crippen LogP contribution in [0, 0.1) is 18.2 Å². The molecule has 0 unspecified atom stereocenters. The van der Waals surface area contributed by atoms with Crippen LogP contribution in [0.2, 0.25) is 0 Å². The molecule has 0 radical (unpaired) electrons. The lowest BCUT2D eigenvalue weighted by atomic mass is 9.86. The van der Waals surface area contributed by atoms with Gasteiger partial charge in [-0.2, -0.15) is 0 Å². The summed E-state index contributed by atoms with van der Waals surface area (Å²) in [5.41, 5.74) is 0.314. The van der Waals surface area contributed by atoms with Crippen molar-refractivity contribution in [1.82, 2.24) is 4.90 Å². The first-order valence-electron chi connectivity index (χ1n) is 8.37. The van der Waals surface area contributed by atoms with Gasteiger partial charge in [-0.25, -0.2) is 4.39 Å². The molecule has 3 heterocycles. The molecule has 2 saturated heterocycles. The fraction of sp³-hybridized carbons (Fsp3) is 0.368. The maximum Gasteiger partial charge on any atom is 0.289 e. The minimum atomic E-state index is -0.359. The number of hydrogen-bond donors (Lipinski definition) is 0. The number of nitrogens with zero attached hydrogens (tertiary/aromatic N) is 2. The molecule has 1 aromatic heterocycles. The van der Waals surface area contributed by atoms with E-state index in [4.69, 9.17) is 4.42 Å². The smallest absolute Gasteiger partial charge is 0.289 e. The molecule has 0 aliphatic carbocycles. The Hall–Kier alpha value is -2.63. The number of likely N-dealkylation sites (tertiary alicyclic amines) is 1. The van der Waals surface area contributed by atoms with E-state index in [1.165, 1.54) is 12.1 Å². The molecule has 2 aliphatic rings. The molecule has 1 spiro atoms. The summed E-state index contributed by atoms with van der Waals surface area (Å²) < 4.78 is 18.9. The highest BCUT2D eigenvalue weighted by atomic mass is 19.1. The molecule has 4 rings (SSSR count). The number of aryl methyl sites for hydroxylation is 1. The van der Waals surface area contributed by atoms with Gasteiger partial charge in [0.25, 0.3) is 5.91 Å². The molecule has 2 aliphatic heterocycles. The van der Waals surface area contributed by atoms with Crippen molar-refractivity contribution in [3.05, 3.63) is 53.7 Å². The quantitative estimate of drug-likeness (QED) is 0.843. The van der Waals surface area contributed by atoms with Gasteiger partial charge in [0.1, 0.15) is 11.6 Å². The Bertz CT molecular complexity index is 847. The normalized spacial score (nSPS) is 23.0. The van der Waals surface area contributed by atoms with Gasteiger partial charge in [-0.1, -0.05) is 6.07 Å². The number of carbonyl (C=O) groups excluding carboxylic acids is 2. The van der Waals surface area contributed by atoms with Gasteiger partial charge in [0.15, 0.2) is 5.76 Å². The molecule has 0 N–H and O–H groups in total. The molecule has 1 atom stereocenters. The van der Waals surface area contributed by atoms with E-state index < -0.39 is 0 Å². The number of benzene rings is 1. The summed E-state index contributed by atoms with van der Waals surface area (Å²) in [7, 11) is 0. The van der Waals surface area contributed by atoms with Gasteiger partial charge in [-0.3, -0.25) is 9.59 Å². The molecule has 130 valence electrons. The largest absolute Gasteiger partial charge is 0.456 e. The molecule has 0 bridgehead atoms. The minimum Gasteiger partial charge on any atom is -0.456 e. The van der Waals surface area contributed by atoms with E-state index in [-0.39, 0.29) is 23.0 Å². The third-order valence-electron chi connectivity index (χ3n) is 5.12.